The average Bonchev–Trinajstić information content (AvgIpc) is 2.54. The Hall–Kier alpha value is -1.73. The Kier molecular flexibility index (Phi) is 7.76. The van der Waals surface area contributed by atoms with Crippen LogP contribution in [0.2, 0.25) is 0 Å². The number of rotatable bonds is 5. The number of ether oxygens (including phenoxy) is 1. The van der Waals surface area contributed by atoms with Gasteiger partial charge in [0.15, 0.2) is 0 Å². The van der Waals surface area contributed by atoms with Gasteiger partial charge in [0, 0.05) is 6.04 Å². The maximum Gasteiger partial charge on any atom is 0.416 e. The third-order valence-corrected chi connectivity index (χ3v) is 4.01. The molecule has 140 valence electrons. The number of carbonyl (C=O) groups excluding carboxylic acids is 1. The van der Waals surface area contributed by atoms with Crippen LogP contribution in [-0.2, 0) is 6.18 Å². The lowest BCUT2D eigenvalue weighted by Crippen LogP contribution is -2.48. The van der Waals surface area contributed by atoms with Crippen LogP contribution in [0.3, 0.4) is 0 Å². The van der Waals surface area contributed by atoms with Crippen LogP contribution in [0.25, 0.3) is 0 Å². The molecule has 0 saturated carbocycles. The first kappa shape index (κ1) is 21.3. The fourth-order valence-corrected chi connectivity index (χ4v) is 2.63. The summed E-state index contributed by atoms with van der Waals surface area (Å²) in [5.74, 6) is -0.244. The Labute approximate surface area is 151 Å². The standard InChI is InChI=1S/C17H21F3N2O2.ClH/c1-3-8-24-15-5-4-12(17(18,19)20)9-13(15)16(23)22-14-6-7-21-10-11(14)2;/h3-5,9,11,14,21H,1,6-8,10H2,2H3,(H,22,23);1H. The van der Waals surface area contributed by atoms with Crippen LogP contribution < -0.4 is 15.4 Å². The predicted octanol–water partition coefficient (Wildman–Crippen LogP) is 3.42. The Balaban J connectivity index is 0.00000312. The van der Waals surface area contributed by atoms with Crippen molar-refractivity contribution in [1.82, 2.24) is 10.6 Å². The summed E-state index contributed by atoms with van der Waals surface area (Å²) in [5, 5.41) is 6.04. The zero-order valence-electron chi connectivity index (χ0n) is 13.9. The first-order chi connectivity index (χ1) is 11.3. The normalized spacial score (nSPS) is 20.3. The van der Waals surface area contributed by atoms with E-state index < -0.39 is 17.6 Å². The zero-order chi connectivity index (χ0) is 17.7. The topological polar surface area (TPSA) is 50.4 Å². The van der Waals surface area contributed by atoms with E-state index in [4.69, 9.17) is 4.74 Å². The first-order valence-corrected chi connectivity index (χ1v) is 7.79. The molecule has 1 heterocycles. The smallest absolute Gasteiger partial charge is 0.416 e. The molecule has 2 N–H and O–H groups in total. The van der Waals surface area contributed by atoms with E-state index in [0.29, 0.717) is 0 Å². The highest BCUT2D eigenvalue weighted by molar-refractivity contribution is 5.97. The van der Waals surface area contributed by atoms with Crippen molar-refractivity contribution in [1.29, 1.82) is 0 Å². The van der Waals surface area contributed by atoms with E-state index in [9.17, 15) is 18.0 Å². The summed E-state index contributed by atoms with van der Waals surface area (Å²) in [6.45, 7) is 7.11. The highest BCUT2D eigenvalue weighted by Gasteiger charge is 2.32. The average molecular weight is 379 g/mol. The summed E-state index contributed by atoms with van der Waals surface area (Å²) in [6, 6.07) is 2.83. The molecule has 0 bridgehead atoms. The molecule has 2 atom stereocenters. The summed E-state index contributed by atoms with van der Waals surface area (Å²) in [6.07, 6.45) is -2.32. The predicted molar refractivity (Wildman–Crippen MR) is 92.3 cm³/mol. The minimum Gasteiger partial charge on any atom is -0.489 e. The van der Waals surface area contributed by atoms with Gasteiger partial charge in [-0.25, -0.2) is 0 Å². The minimum absolute atomic E-state index is 0. The van der Waals surface area contributed by atoms with Gasteiger partial charge in [0.05, 0.1) is 11.1 Å². The second-order valence-electron chi connectivity index (χ2n) is 5.86. The number of piperidine rings is 1. The molecule has 25 heavy (non-hydrogen) atoms. The molecular formula is C17H22ClF3N2O2. The van der Waals surface area contributed by atoms with Gasteiger partial charge in [0.25, 0.3) is 5.91 Å². The van der Waals surface area contributed by atoms with Crippen LogP contribution in [0.15, 0.2) is 30.9 Å². The fraction of sp³-hybridized carbons (Fsp3) is 0.471. The molecule has 0 spiro atoms. The van der Waals surface area contributed by atoms with Gasteiger partial charge in [0.2, 0.25) is 0 Å². The third-order valence-electron chi connectivity index (χ3n) is 4.01. The second kappa shape index (κ2) is 9.10. The van der Waals surface area contributed by atoms with Crippen molar-refractivity contribution in [3.8, 4) is 5.75 Å². The molecule has 0 aromatic heterocycles. The molecule has 1 aliphatic rings. The summed E-state index contributed by atoms with van der Waals surface area (Å²) >= 11 is 0. The maximum absolute atomic E-state index is 12.9. The van der Waals surface area contributed by atoms with E-state index in [2.05, 4.69) is 17.2 Å². The van der Waals surface area contributed by atoms with E-state index >= 15 is 0 Å². The summed E-state index contributed by atoms with van der Waals surface area (Å²) < 4.78 is 44.1. The lowest BCUT2D eigenvalue weighted by Gasteiger charge is -2.30. The number of halogens is 4. The van der Waals surface area contributed by atoms with Crippen LogP contribution in [0.1, 0.15) is 29.3 Å². The van der Waals surface area contributed by atoms with Crippen molar-refractivity contribution in [2.75, 3.05) is 19.7 Å². The largest absolute Gasteiger partial charge is 0.489 e. The zero-order valence-corrected chi connectivity index (χ0v) is 14.7. The van der Waals surface area contributed by atoms with Crippen molar-refractivity contribution in [3.63, 3.8) is 0 Å². The lowest BCUT2D eigenvalue weighted by molar-refractivity contribution is -0.137. The molecule has 0 aliphatic carbocycles. The molecule has 1 aromatic carbocycles. The molecule has 4 nitrogen and oxygen atoms in total. The van der Waals surface area contributed by atoms with E-state index in [1.165, 1.54) is 12.1 Å². The van der Waals surface area contributed by atoms with Crippen molar-refractivity contribution in [2.45, 2.75) is 25.6 Å². The maximum atomic E-state index is 12.9. The van der Waals surface area contributed by atoms with Gasteiger partial charge < -0.3 is 15.4 Å². The molecule has 8 heteroatoms. The van der Waals surface area contributed by atoms with Crippen molar-refractivity contribution < 1.29 is 22.7 Å². The molecular weight excluding hydrogens is 357 g/mol. The highest BCUT2D eigenvalue weighted by atomic mass is 35.5. The van der Waals surface area contributed by atoms with Gasteiger partial charge in [0.1, 0.15) is 12.4 Å². The van der Waals surface area contributed by atoms with E-state index in [1.807, 2.05) is 6.92 Å². The number of alkyl halides is 3. The van der Waals surface area contributed by atoms with Crippen LogP contribution in [0, 0.1) is 5.92 Å². The minimum atomic E-state index is -4.52. The van der Waals surface area contributed by atoms with Gasteiger partial charge in [-0.05, 0) is 43.6 Å². The van der Waals surface area contributed by atoms with Crippen molar-refractivity contribution in [3.05, 3.63) is 42.0 Å². The van der Waals surface area contributed by atoms with Crippen molar-refractivity contribution in [2.24, 2.45) is 5.92 Å². The van der Waals surface area contributed by atoms with Gasteiger partial charge in [-0.2, -0.15) is 13.2 Å². The number of nitrogens with one attached hydrogen (secondary N) is 2. The monoisotopic (exact) mass is 378 g/mol. The Morgan fingerprint density at radius 1 is 1.48 bits per heavy atom. The Morgan fingerprint density at radius 2 is 2.20 bits per heavy atom. The van der Waals surface area contributed by atoms with E-state index in [-0.39, 0.29) is 42.3 Å². The van der Waals surface area contributed by atoms with Gasteiger partial charge in [-0.15, -0.1) is 12.4 Å². The lowest BCUT2D eigenvalue weighted by atomic mass is 9.95. The van der Waals surface area contributed by atoms with Crippen LogP contribution in [-0.4, -0.2) is 31.6 Å². The quantitative estimate of drug-likeness (QED) is 0.772. The Bertz CT molecular complexity index is 608. The number of hydrogen-bond acceptors (Lipinski definition) is 3. The van der Waals surface area contributed by atoms with Gasteiger partial charge in [-0.1, -0.05) is 19.6 Å². The van der Waals surface area contributed by atoms with Crippen LogP contribution >= 0.6 is 12.4 Å². The van der Waals surface area contributed by atoms with Gasteiger partial charge in [-0.3, -0.25) is 4.79 Å². The molecule has 1 amide bonds. The number of amides is 1. The summed E-state index contributed by atoms with van der Waals surface area (Å²) in [7, 11) is 0. The molecule has 0 radical (unpaired) electrons. The van der Waals surface area contributed by atoms with E-state index in [0.717, 1.165) is 31.6 Å². The third kappa shape index (κ3) is 5.64. The van der Waals surface area contributed by atoms with Crippen molar-refractivity contribution >= 4 is 18.3 Å². The molecule has 1 fully saturated rings. The number of benzene rings is 1. The number of hydrogen-bond donors (Lipinski definition) is 2. The molecule has 2 unspecified atom stereocenters. The Morgan fingerprint density at radius 3 is 2.80 bits per heavy atom. The first-order valence-electron chi connectivity index (χ1n) is 7.79. The molecule has 1 aromatic rings. The highest BCUT2D eigenvalue weighted by Crippen LogP contribution is 2.32. The number of carbonyl (C=O) groups is 1. The summed E-state index contributed by atoms with van der Waals surface area (Å²) in [4.78, 5) is 12.5. The molecule has 2 rings (SSSR count). The SMILES string of the molecule is C=CCOc1ccc(C(F)(F)F)cc1C(=O)NC1CCNCC1C.Cl. The molecule has 1 aliphatic heterocycles. The summed E-state index contributed by atoms with van der Waals surface area (Å²) in [5.41, 5.74) is -0.991. The fourth-order valence-electron chi connectivity index (χ4n) is 2.63. The van der Waals surface area contributed by atoms with Crippen LogP contribution in [0.4, 0.5) is 13.2 Å². The molecule has 1 saturated heterocycles. The second-order valence-corrected chi connectivity index (χ2v) is 5.86. The van der Waals surface area contributed by atoms with Crippen LogP contribution in [0.5, 0.6) is 5.75 Å². The van der Waals surface area contributed by atoms with Gasteiger partial charge >= 0.3 is 6.18 Å². The van der Waals surface area contributed by atoms with E-state index in [1.54, 1.807) is 0 Å².